The average Bonchev–Trinajstić information content (AvgIpc) is 2.67. The van der Waals surface area contributed by atoms with E-state index in [9.17, 15) is 9.18 Å². The Morgan fingerprint density at radius 1 is 1.53 bits per heavy atom. The molecular weight excluding hydrogens is 267 g/mol. The second kappa shape index (κ2) is 6.06. The van der Waals surface area contributed by atoms with Gasteiger partial charge in [-0.25, -0.2) is 9.37 Å². The van der Waals surface area contributed by atoms with Crippen molar-refractivity contribution >= 4 is 28.8 Å². The molecule has 0 radical (unpaired) electrons. The first-order valence-corrected chi connectivity index (χ1v) is 7.21. The second-order valence-electron chi connectivity index (χ2n) is 4.20. The van der Waals surface area contributed by atoms with Gasteiger partial charge in [0.25, 0.3) is 0 Å². The van der Waals surface area contributed by atoms with E-state index < -0.39 is 5.97 Å². The van der Waals surface area contributed by atoms with E-state index in [1.54, 1.807) is 6.07 Å². The molecule has 0 saturated heterocycles. The Bertz CT molecular complexity index is 598. The number of aryl methyl sites for hydroxylation is 1. The normalized spacial score (nSPS) is 11.1. The van der Waals surface area contributed by atoms with Crippen molar-refractivity contribution in [3.63, 3.8) is 0 Å². The predicted molar refractivity (Wildman–Crippen MR) is 73.8 cm³/mol. The van der Waals surface area contributed by atoms with Crippen LogP contribution >= 0.6 is 11.8 Å². The van der Waals surface area contributed by atoms with Gasteiger partial charge < -0.3 is 9.67 Å². The number of nitrogens with zero attached hydrogens (tertiary/aromatic N) is 2. The van der Waals surface area contributed by atoms with E-state index in [4.69, 9.17) is 5.11 Å². The Kier molecular flexibility index (Phi) is 4.42. The number of fused-ring (bicyclic) bond motifs is 1. The second-order valence-corrected chi connectivity index (χ2v) is 5.18. The summed E-state index contributed by atoms with van der Waals surface area (Å²) in [5.74, 6) is 0.216. The molecule has 2 rings (SSSR count). The van der Waals surface area contributed by atoms with Crippen LogP contribution in [0.25, 0.3) is 11.0 Å². The van der Waals surface area contributed by atoms with E-state index in [2.05, 4.69) is 11.9 Å². The molecule has 6 heteroatoms. The monoisotopic (exact) mass is 282 g/mol. The van der Waals surface area contributed by atoms with Crippen molar-refractivity contribution in [3.8, 4) is 0 Å². The van der Waals surface area contributed by atoms with Crippen LogP contribution in [0.3, 0.4) is 0 Å². The van der Waals surface area contributed by atoms with Crippen molar-refractivity contribution in [3.05, 3.63) is 29.8 Å². The summed E-state index contributed by atoms with van der Waals surface area (Å²) in [6.45, 7) is 2.86. The molecule has 0 bridgehead atoms. The SMILES string of the molecule is CCCn1c(CSCC(=O)O)nc2cc(F)ccc21. The molecule has 0 amide bonds. The zero-order valence-corrected chi connectivity index (χ0v) is 11.4. The Morgan fingerprint density at radius 2 is 2.32 bits per heavy atom. The number of rotatable bonds is 6. The van der Waals surface area contributed by atoms with Gasteiger partial charge in [-0.2, -0.15) is 0 Å². The lowest BCUT2D eigenvalue weighted by atomic mass is 10.3. The van der Waals surface area contributed by atoms with E-state index in [1.807, 2.05) is 4.57 Å². The predicted octanol–water partition coefficient (Wildman–Crippen LogP) is 2.90. The van der Waals surface area contributed by atoms with Crippen LogP contribution in [0, 0.1) is 5.82 Å². The molecule has 1 N–H and O–H groups in total. The third kappa shape index (κ3) is 3.26. The highest BCUT2D eigenvalue weighted by Crippen LogP contribution is 2.21. The number of carboxylic acids is 1. The van der Waals surface area contributed by atoms with Crippen LogP contribution in [-0.4, -0.2) is 26.4 Å². The zero-order chi connectivity index (χ0) is 13.8. The smallest absolute Gasteiger partial charge is 0.313 e. The lowest BCUT2D eigenvalue weighted by molar-refractivity contribution is -0.133. The molecule has 0 saturated carbocycles. The fourth-order valence-electron chi connectivity index (χ4n) is 1.97. The maximum Gasteiger partial charge on any atom is 0.313 e. The standard InChI is InChI=1S/C13H15FN2O2S/c1-2-5-16-11-4-3-9(14)6-10(11)15-12(16)7-19-8-13(17)18/h3-4,6H,2,5,7-8H2,1H3,(H,17,18). The quantitative estimate of drug-likeness (QED) is 0.885. The number of hydrogen-bond donors (Lipinski definition) is 1. The van der Waals surface area contributed by atoms with Crippen LogP contribution in [0.1, 0.15) is 19.2 Å². The van der Waals surface area contributed by atoms with Gasteiger partial charge in [0.2, 0.25) is 0 Å². The number of carbonyl (C=O) groups is 1. The fraction of sp³-hybridized carbons (Fsp3) is 0.385. The number of halogens is 1. The topological polar surface area (TPSA) is 55.1 Å². The van der Waals surface area contributed by atoms with Crippen LogP contribution in [0.5, 0.6) is 0 Å². The molecule has 2 aromatic rings. The molecule has 0 fully saturated rings. The minimum atomic E-state index is -0.839. The van der Waals surface area contributed by atoms with Gasteiger partial charge in [0, 0.05) is 12.6 Å². The lowest BCUT2D eigenvalue weighted by Gasteiger charge is -2.06. The number of hydrogen-bond acceptors (Lipinski definition) is 3. The van der Waals surface area contributed by atoms with Crippen LogP contribution in [-0.2, 0) is 17.1 Å². The highest BCUT2D eigenvalue weighted by molar-refractivity contribution is 7.99. The maximum atomic E-state index is 13.2. The summed E-state index contributed by atoms with van der Waals surface area (Å²) in [5, 5.41) is 8.64. The van der Waals surface area contributed by atoms with E-state index in [-0.39, 0.29) is 11.6 Å². The molecule has 1 heterocycles. The first-order chi connectivity index (χ1) is 9.11. The van der Waals surface area contributed by atoms with Crippen molar-refractivity contribution in [2.45, 2.75) is 25.6 Å². The van der Waals surface area contributed by atoms with Gasteiger partial charge in [0.05, 0.1) is 22.5 Å². The van der Waals surface area contributed by atoms with Crippen molar-refractivity contribution in [1.29, 1.82) is 0 Å². The molecule has 1 aromatic heterocycles. The number of carboxylic acid groups (broad SMARTS) is 1. The molecule has 102 valence electrons. The number of benzene rings is 1. The van der Waals surface area contributed by atoms with Gasteiger partial charge in [0.15, 0.2) is 0 Å². The molecule has 0 unspecified atom stereocenters. The maximum absolute atomic E-state index is 13.2. The Morgan fingerprint density at radius 3 is 3.00 bits per heavy atom. The van der Waals surface area contributed by atoms with Gasteiger partial charge in [-0.15, -0.1) is 11.8 Å². The molecule has 1 aromatic carbocycles. The zero-order valence-electron chi connectivity index (χ0n) is 10.6. The van der Waals surface area contributed by atoms with Gasteiger partial charge in [-0.3, -0.25) is 4.79 Å². The van der Waals surface area contributed by atoms with E-state index in [1.165, 1.54) is 23.9 Å². The largest absolute Gasteiger partial charge is 0.481 e. The van der Waals surface area contributed by atoms with Crippen molar-refractivity contribution in [2.75, 3.05) is 5.75 Å². The third-order valence-corrected chi connectivity index (χ3v) is 3.61. The van der Waals surface area contributed by atoms with Gasteiger partial charge >= 0.3 is 5.97 Å². The average molecular weight is 282 g/mol. The van der Waals surface area contributed by atoms with E-state index >= 15 is 0 Å². The minimum Gasteiger partial charge on any atom is -0.481 e. The van der Waals surface area contributed by atoms with Gasteiger partial charge in [-0.05, 0) is 18.6 Å². The summed E-state index contributed by atoms with van der Waals surface area (Å²) >= 11 is 1.30. The molecule has 4 nitrogen and oxygen atoms in total. The molecule has 19 heavy (non-hydrogen) atoms. The highest BCUT2D eigenvalue weighted by Gasteiger charge is 2.11. The van der Waals surface area contributed by atoms with E-state index in [0.29, 0.717) is 11.3 Å². The highest BCUT2D eigenvalue weighted by atomic mass is 32.2. The van der Waals surface area contributed by atoms with Crippen LogP contribution in [0.15, 0.2) is 18.2 Å². The third-order valence-electron chi connectivity index (χ3n) is 2.69. The number of aromatic nitrogens is 2. The number of aliphatic carboxylic acids is 1. The summed E-state index contributed by atoms with van der Waals surface area (Å²) in [5.41, 5.74) is 1.52. The van der Waals surface area contributed by atoms with Crippen molar-refractivity contribution < 1.29 is 14.3 Å². The minimum absolute atomic E-state index is 0.0453. The molecule has 0 aliphatic carbocycles. The first kappa shape index (κ1) is 13.9. The molecule has 0 spiro atoms. The Hall–Kier alpha value is -1.56. The first-order valence-electron chi connectivity index (χ1n) is 6.06. The molecule has 0 aliphatic heterocycles. The van der Waals surface area contributed by atoms with Crippen LogP contribution < -0.4 is 0 Å². The Balaban J connectivity index is 2.30. The Labute approximate surface area is 114 Å². The summed E-state index contributed by atoms with van der Waals surface area (Å²) < 4.78 is 15.2. The fourth-order valence-corrected chi connectivity index (χ4v) is 2.65. The lowest BCUT2D eigenvalue weighted by Crippen LogP contribution is -2.04. The number of thioether (sulfide) groups is 1. The molecule has 0 aliphatic rings. The van der Waals surface area contributed by atoms with Crippen molar-refractivity contribution in [2.24, 2.45) is 0 Å². The molecular formula is C13H15FN2O2S. The summed E-state index contributed by atoms with van der Waals surface area (Å²) in [6.07, 6.45) is 0.944. The summed E-state index contributed by atoms with van der Waals surface area (Å²) in [4.78, 5) is 14.9. The summed E-state index contributed by atoms with van der Waals surface area (Å²) in [6, 6.07) is 4.55. The van der Waals surface area contributed by atoms with Gasteiger partial charge in [-0.1, -0.05) is 6.92 Å². The van der Waals surface area contributed by atoms with E-state index in [0.717, 1.165) is 24.3 Å². The van der Waals surface area contributed by atoms with Gasteiger partial charge in [0.1, 0.15) is 11.6 Å². The number of imidazole rings is 1. The summed E-state index contributed by atoms with van der Waals surface area (Å²) in [7, 11) is 0. The van der Waals surface area contributed by atoms with Crippen LogP contribution in [0.2, 0.25) is 0 Å². The molecule has 0 atom stereocenters. The van der Waals surface area contributed by atoms with Crippen molar-refractivity contribution in [1.82, 2.24) is 9.55 Å². The van der Waals surface area contributed by atoms with Crippen LogP contribution in [0.4, 0.5) is 4.39 Å².